The van der Waals surface area contributed by atoms with E-state index in [-0.39, 0.29) is 5.76 Å². The van der Waals surface area contributed by atoms with Crippen molar-refractivity contribution in [1.29, 1.82) is 0 Å². The number of furan rings is 2. The molecule has 0 bridgehead atoms. The second-order valence-electron chi connectivity index (χ2n) is 6.17. The first-order valence-electron chi connectivity index (χ1n) is 8.79. The second kappa shape index (κ2) is 7.33. The fourth-order valence-electron chi connectivity index (χ4n) is 2.84. The molecule has 142 valence electrons. The van der Waals surface area contributed by atoms with Gasteiger partial charge in [0.05, 0.1) is 17.2 Å². The van der Waals surface area contributed by atoms with Gasteiger partial charge in [-0.05, 0) is 48.2 Å². The maximum atomic E-state index is 12.2. The van der Waals surface area contributed by atoms with Gasteiger partial charge in [-0.1, -0.05) is 30.3 Å². The molecule has 0 spiro atoms. The molecule has 29 heavy (non-hydrogen) atoms. The van der Waals surface area contributed by atoms with Crippen LogP contribution in [-0.4, -0.2) is 22.1 Å². The zero-order valence-electron chi connectivity index (χ0n) is 15.0. The maximum absolute atomic E-state index is 12.2. The maximum Gasteiger partial charge on any atom is 0.307 e. The molecule has 3 aromatic heterocycles. The van der Waals surface area contributed by atoms with E-state index in [2.05, 4.69) is 20.5 Å². The minimum absolute atomic E-state index is 0.198. The monoisotopic (exact) mass is 402 g/mol. The average Bonchev–Trinajstić information content (AvgIpc) is 3.45. The molecule has 0 atom stereocenters. The summed E-state index contributed by atoms with van der Waals surface area (Å²) >= 11 is 1.38. The first-order valence-corrected chi connectivity index (χ1v) is 9.61. The number of H-pyrrole nitrogens is 1. The molecule has 0 unspecified atom stereocenters. The van der Waals surface area contributed by atoms with Crippen LogP contribution in [-0.2, 0) is 0 Å². The smallest absolute Gasteiger partial charge is 0.307 e. The fraction of sp³-hybridized carbons (Fsp3) is 0. The summed E-state index contributed by atoms with van der Waals surface area (Å²) in [6, 6.07) is 20.5. The topological polar surface area (TPSA) is 96.4 Å². The van der Waals surface area contributed by atoms with E-state index in [1.807, 2.05) is 48.5 Å². The van der Waals surface area contributed by atoms with Crippen LogP contribution in [0, 0.1) is 0 Å². The molecular formula is C21H14N4O3S. The van der Waals surface area contributed by atoms with E-state index in [9.17, 15) is 4.79 Å². The van der Waals surface area contributed by atoms with Gasteiger partial charge < -0.3 is 13.8 Å². The predicted molar refractivity (Wildman–Crippen MR) is 110 cm³/mol. The molecule has 0 saturated carbocycles. The molecule has 5 aromatic rings. The Labute approximate surface area is 168 Å². The van der Waals surface area contributed by atoms with Crippen LogP contribution in [0.2, 0.25) is 0 Å². The summed E-state index contributed by atoms with van der Waals surface area (Å²) in [6.07, 6.45) is 1.43. The van der Waals surface area contributed by atoms with Crippen molar-refractivity contribution < 1.29 is 13.6 Å². The Morgan fingerprint density at radius 2 is 1.93 bits per heavy atom. The summed E-state index contributed by atoms with van der Waals surface area (Å²) in [5.74, 6) is 0.276. The number of hydrogen-bond donors (Lipinski definition) is 2. The van der Waals surface area contributed by atoms with Gasteiger partial charge in [0.25, 0.3) is 0 Å². The van der Waals surface area contributed by atoms with Crippen molar-refractivity contribution in [1.82, 2.24) is 15.4 Å². The van der Waals surface area contributed by atoms with E-state index in [1.165, 1.54) is 18.0 Å². The number of carbonyl (C=O) groups is 1. The Kier molecular flexibility index (Phi) is 4.38. The van der Waals surface area contributed by atoms with Gasteiger partial charge in [-0.3, -0.25) is 4.79 Å². The number of nitrogens with one attached hydrogen (secondary N) is 2. The van der Waals surface area contributed by atoms with E-state index in [1.54, 1.807) is 18.2 Å². The molecule has 5 rings (SSSR count). The standard InChI is InChI=1S/C21H14N4O3S/c26-20(18-11-13-5-1-4-8-17(13)28-18)25-22-12-14-9-10-19(27-14)29-21-23-15-6-2-3-7-16(15)24-21/h1-12H,(H,23,24)(H,25,26)/b22-12+. The van der Waals surface area contributed by atoms with Gasteiger partial charge in [0.2, 0.25) is 0 Å². The molecule has 2 N–H and O–H groups in total. The fourth-order valence-corrected chi connectivity index (χ4v) is 3.60. The van der Waals surface area contributed by atoms with E-state index < -0.39 is 5.91 Å². The highest BCUT2D eigenvalue weighted by Crippen LogP contribution is 2.28. The lowest BCUT2D eigenvalue weighted by atomic mass is 10.2. The number of para-hydroxylation sites is 3. The predicted octanol–water partition coefficient (Wildman–Crippen LogP) is 4.82. The summed E-state index contributed by atoms with van der Waals surface area (Å²) in [5.41, 5.74) is 4.96. The molecule has 0 saturated heterocycles. The Morgan fingerprint density at radius 1 is 1.07 bits per heavy atom. The van der Waals surface area contributed by atoms with Crippen molar-refractivity contribution in [3.8, 4) is 0 Å². The van der Waals surface area contributed by atoms with Crippen LogP contribution in [0.4, 0.5) is 0 Å². The number of aromatic nitrogens is 2. The second-order valence-corrected chi connectivity index (χ2v) is 7.16. The van der Waals surface area contributed by atoms with Crippen LogP contribution in [0.15, 0.2) is 90.9 Å². The highest BCUT2D eigenvalue weighted by atomic mass is 32.2. The molecule has 1 amide bonds. The Bertz CT molecular complexity index is 1280. The normalized spacial score (nSPS) is 11.6. The molecule has 3 heterocycles. The molecule has 0 aliphatic heterocycles. The van der Waals surface area contributed by atoms with Crippen molar-refractivity contribution >= 4 is 45.9 Å². The summed E-state index contributed by atoms with van der Waals surface area (Å²) < 4.78 is 11.2. The lowest BCUT2D eigenvalue weighted by Gasteiger charge is -1.94. The SMILES string of the molecule is O=C(N/N=C/c1ccc(Sc2nc3ccccc3[nH]2)o1)c1cc2ccccc2o1. The van der Waals surface area contributed by atoms with Crippen molar-refractivity contribution in [3.05, 3.63) is 78.3 Å². The average molecular weight is 402 g/mol. The van der Waals surface area contributed by atoms with E-state index >= 15 is 0 Å². The van der Waals surface area contributed by atoms with Gasteiger partial charge in [0.15, 0.2) is 16.0 Å². The van der Waals surface area contributed by atoms with Crippen LogP contribution in [0.5, 0.6) is 0 Å². The number of hydrazone groups is 1. The number of fused-ring (bicyclic) bond motifs is 2. The van der Waals surface area contributed by atoms with Crippen molar-refractivity contribution in [2.75, 3.05) is 0 Å². The van der Waals surface area contributed by atoms with Crippen molar-refractivity contribution in [3.63, 3.8) is 0 Å². The molecular weight excluding hydrogens is 388 g/mol. The summed E-state index contributed by atoms with van der Waals surface area (Å²) in [6.45, 7) is 0. The third-order valence-corrected chi connectivity index (χ3v) is 4.98. The number of nitrogens with zero attached hydrogens (tertiary/aromatic N) is 2. The first-order chi connectivity index (χ1) is 14.2. The van der Waals surface area contributed by atoms with Crippen LogP contribution in [0.1, 0.15) is 16.3 Å². The molecule has 0 radical (unpaired) electrons. The number of imidazole rings is 1. The Balaban J connectivity index is 1.23. The van der Waals surface area contributed by atoms with Crippen molar-refractivity contribution in [2.24, 2.45) is 5.10 Å². The number of carbonyl (C=O) groups excluding carboxylic acids is 1. The molecule has 8 heteroatoms. The van der Waals surface area contributed by atoms with Crippen LogP contribution in [0.25, 0.3) is 22.0 Å². The molecule has 0 aliphatic carbocycles. The van der Waals surface area contributed by atoms with Gasteiger partial charge in [0.1, 0.15) is 11.3 Å². The zero-order valence-corrected chi connectivity index (χ0v) is 15.8. The van der Waals surface area contributed by atoms with Gasteiger partial charge >= 0.3 is 5.91 Å². The molecule has 0 fully saturated rings. The quantitative estimate of drug-likeness (QED) is 0.325. The van der Waals surface area contributed by atoms with E-state index in [0.29, 0.717) is 16.4 Å². The third-order valence-electron chi connectivity index (χ3n) is 4.17. The summed E-state index contributed by atoms with van der Waals surface area (Å²) in [4.78, 5) is 19.9. The summed E-state index contributed by atoms with van der Waals surface area (Å²) in [5, 5.41) is 6.19. The van der Waals surface area contributed by atoms with Crippen LogP contribution < -0.4 is 5.43 Å². The van der Waals surface area contributed by atoms with Crippen molar-refractivity contribution in [2.45, 2.75) is 10.2 Å². The Hall–Kier alpha value is -3.78. The minimum atomic E-state index is -0.430. The van der Waals surface area contributed by atoms with E-state index in [4.69, 9.17) is 8.83 Å². The van der Waals surface area contributed by atoms with E-state index in [0.717, 1.165) is 21.6 Å². The summed E-state index contributed by atoms with van der Waals surface area (Å²) in [7, 11) is 0. The van der Waals surface area contributed by atoms with Gasteiger partial charge in [-0.15, -0.1) is 0 Å². The lowest BCUT2D eigenvalue weighted by molar-refractivity contribution is 0.0929. The Morgan fingerprint density at radius 3 is 2.83 bits per heavy atom. The number of aromatic amines is 1. The zero-order chi connectivity index (χ0) is 19.6. The third kappa shape index (κ3) is 3.65. The van der Waals surface area contributed by atoms with Crippen LogP contribution in [0.3, 0.4) is 0 Å². The van der Waals surface area contributed by atoms with Crippen LogP contribution >= 0.6 is 11.8 Å². The molecule has 0 aliphatic rings. The number of amides is 1. The minimum Gasteiger partial charge on any atom is -0.451 e. The molecule has 2 aromatic carbocycles. The number of benzene rings is 2. The highest BCUT2D eigenvalue weighted by Gasteiger charge is 2.11. The van der Waals surface area contributed by atoms with Gasteiger partial charge in [-0.2, -0.15) is 5.10 Å². The molecule has 7 nitrogen and oxygen atoms in total. The lowest BCUT2D eigenvalue weighted by Crippen LogP contribution is -2.16. The number of hydrogen-bond acceptors (Lipinski definition) is 6. The number of rotatable bonds is 5. The largest absolute Gasteiger partial charge is 0.451 e. The highest BCUT2D eigenvalue weighted by molar-refractivity contribution is 7.99. The van der Waals surface area contributed by atoms with Gasteiger partial charge in [-0.25, -0.2) is 10.4 Å². The first kappa shape index (κ1) is 17.3. The van der Waals surface area contributed by atoms with Gasteiger partial charge in [0, 0.05) is 5.39 Å².